The van der Waals surface area contributed by atoms with E-state index >= 15 is 0 Å². The van der Waals surface area contributed by atoms with Gasteiger partial charge in [-0.15, -0.1) is 0 Å². The molecule has 0 radical (unpaired) electrons. The van der Waals surface area contributed by atoms with Gasteiger partial charge in [0, 0.05) is 19.3 Å². The van der Waals surface area contributed by atoms with Crippen LogP contribution < -0.4 is 11.3 Å². The molecular weight excluding hydrogens is 260 g/mol. The Kier molecular flexibility index (Phi) is 12.2. The molecule has 3 heteroatoms. The molecule has 0 bridgehead atoms. The molecule has 0 aromatic carbocycles. The molecule has 1 unspecified atom stereocenters. The van der Waals surface area contributed by atoms with E-state index < -0.39 is 0 Å². The van der Waals surface area contributed by atoms with Gasteiger partial charge in [0.15, 0.2) is 0 Å². The fourth-order valence-corrected chi connectivity index (χ4v) is 3.42. The Morgan fingerprint density at radius 3 is 1.95 bits per heavy atom. The van der Waals surface area contributed by atoms with Gasteiger partial charge in [-0.1, -0.05) is 71.1 Å². The average Bonchev–Trinajstić information content (AvgIpc) is 2.54. The van der Waals surface area contributed by atoms with E-state index in [9.17, 15) is 0 Å². The third-order valence-electron chi connectivity index (χ3n) is 4.92. The summed E-state index contributed by atoms with van der Waals surface area (Å²) in [6.45, 7) is 4.12. The molecule has 0 amide bonds. The molecule has 0 spiro atoms. The Hall–Kier alpha value is -0.120. The summed E-state index contributed by atoms with van der Waals surface area (Å²) >= 11 is 0. The highest BCUT2D eigenvalue weighted by atomic mass is 16.5. The maximum absolute atomic E-state index is 5.73. The van der Waals surface area contributed by atoms with Crippen LogP contribution in [-0.4, -0.2) is 19.3 Å². The topological polar surface area (TPSA) is 47.3 Å². The molecule has 1 saturated heterocycles. The Balaban J connectivity index is 1.90. The third-order valence-corrected chi connectivity index (χ3v) is 4.92. The summed E-state index contributed by atoms with van der Waals surface area (Å²) in [5, 5.41) is 0. The lowest BCUT2D eigenvalue weighted by Gasteiger charge is -2.29. The molecule has 0 aromatic rings. The van der Waals surface area contributed by atoms with Crippen molar-refractivity contribution in [1.82, 2.24) is 5.43 Å². The van der Waals surface area contributed by atoms with Crippen molar-refractivity contribution < 1.29 is 4.74 Å². The summed E-state index contributed by atoms with van der Waals surface area (Å²) in [6.07, 6.45) is 17.6. The molecule has 1 atom stereocenters. The van der Waals surface area contributed by atoms with Crippen molar-refractivity contribution >= 4 is 0 Å². The quantitative estimate of drug-likeness (QED) is 0.298. The molecular formula is C18H38N2O. The van der Waals surface area contributed by atoms with Gasteiger partial charge in [-0.3, -0.25) is 11.3 Å². The highest BCUT2D eigenvalue weighted by Gasteiger charge is 2.22. The number of nitrogens with one attached hydrogen (secondary N) is 1. The Morgan fingerprint density at radius 1 is 0.905 bits per heavy atom. The van der Waals surface area contributed by atoms with E-state index in [2.05, 4.69) is 12.3 Å². The van der Waals surface area contributed by atoms with E-state index in [-0.39, 0.29) is 0 Å². The fraction of sp³-hybridized carbons (Fsp3) is 1.00. The van der Waals surface area contributed by atoms with Gasteiger partial charge in [0.05, 0.1) is 0 Å². The molecule has 1 fully saturated rings. The van der Waals surface area contributed by atoms with E-state index in [1.54, 1.807) is 0 Å². The number of rotatable bonds is 13. The number of nitrogens with two attached hydrogens (primary N) is 1. The van der Waals surface area contributed by atoms with Crippen molar-refractivity contribution in [3.05, 3.63) is 0 Å². The number of hydrogen-bond donors (Lipinski definition) is 2. The Morgan fingerprint density at radius 2 is 1.43 bits per heavy atom. The molecule has 3 N–H and O–H groups in total. The van der Waals surface area contributed by atoms with Gasteiger partial charge in [0.2, 0.25) is 0 Å². The molecule has 21 heavy (non-hydrogen) atoms. The maximum atomic E-state index is 5.73. The van der Waals surface area contributed by atoms with Gasteiger partial charge in [0.1, 0.15) is 0 Å². The van der Waals surface area contributed by atoms with Gasteiger partial charge < -0.3 is 4.74 Å². The lowest BCUT2D eigenvalue weighted by molar-refractivity contribution is 0.0522. The highest BCUT2D eigenvalue weighted by Crippen LogP contribution is 2.22. The van der Waals surface area contributed by atoms with Crippen LogP contribution in [0.2, 0.25) is 0 Å². The minimum Gasteiger partial charge on any atom is -0.381 e. The largest absolute Gasteiger partial charge is 0.381 e. The summed E-state index contributed by atoms with van der Waals surface area (Å²) in [5.41, 5.74) is 3.05. The Labute approximate surface area is 132 Å². The van der Waals surface area contributed by atoms with Gasteiger partial charge in [-0.05, 0) is 25.2 Å². The van der Waals surface area contributed by atoms with Crippen molar-refractivity contribution in [3.8, 4) is 0 Å². The second kappa shape index (κ2) is 13.5. The van der Waals surface area contributed by atoms with Crippen LogP contribution in [0.3, 0.4) is 0 Å². The van der Waals surface area contributed by atoms with Crippen molar-refractivity contribution in [2.45, 2.75) is 96.4 Å². The normalized spacial score (nSPS) is 18.0. The zero-order valence-electron chi connectivity index (χ0n) is 14.2. The molecule has 1 rings (SSSR count). The van der Waals surface area contributed by atoms with Crippen LogP contribution >= 0.6 is 0 Å². The average molecular weight is 299 g/mol. The van der Waals surface area contributed by atoms with E-state index in [1.165, 1.54) is 83.5 Å². The van der Waals surface area contributed by atoms with Crippen LogP contribution in [0.5, 0.6) is 0 Å². The molecule has 0 saturated carbocycles. The zero-order valence-corrected chi connectivity index (χ0v) is 14.2. The standard InChI is InChI=1S/C18H38N2O/c1-2-3-4-5-6-7-8-9-10-11-12-18(20-19)17-13-15-21-16-14-17/h17-18,20H,2-16,19H2,1H3. The second-order valence-electron chi connectivity index (χ2n) is 6.69. The number of unbranched alkanes of at least 4 members (excludes halogenated alkanes) is 9. The lowest BCUT2D eigenvalue weighted by atomic mass is 9.88. The van der Waals surface area contributed by atoms with Crippen LogP contribution in [0.25, 0.3) is 0 Å². The smallest absolute Gasteiger partial charge is 0.0469 e. The maximum Gasteiger partial charge on any atom is 0.0469 e. The summed E-state index contributed by atoms with van der Waals surface area (Å²) in [5.74, 6) is 6.46. The molecule has 1 aliphatic heterocycles. The third kappa shape index (κ3) is 9.49. The molecule has 1 aliphatic rings. The van der Waals surface area contributed by atoms with Crippen LogP contribution in [-0.2, 0) is 4.74 Å². The fourth-order valence-electron chi connectivity index (χ4n) is 3.42. The van der Waals surface area contributed by atoms with Gasteiger partial charge in [-0.25, -0.2) is 0 Å². The first kappa shape index (κ1) is 18.9. The predicted molar refractivity (Wildman–Crippen MR) is 91.1 cm³/mol. The van der Waals surface area contributed by atoms with Crippen LogP contribution in [0.15, 0.2) is 0 Å². The molecule has 1 heterocycles. The monoisotopic (exact) mass is 298 g/mol. The van der Waals surface area contributed by atoms with E-state index in [1.807, 2.05) is 0 Å². The number of hydrogen-bond acceptors (Lipinski definition) is 3. The summed E-state index contributed by atoms with van der Waals surface area (Å²) < 4.78 is 5.43. The van der Waals surface area contributed by atoms with Crippen molar-refractivity contribution in [1.29, 1.82) is 0 Å². The predicted octanol–water partition coefficient (Wildman–Crippen LogP) is 4.56. The van der Waals surface area contributed by atoms with Gasteiger partial charge >= 0.3 is 0 Å². The molecule has 0 aliphatic carbocycles. The van der Waals surface area contributed by atoms with Crippen LogP contribution in [0.4, 0.5) is 0 Å². The first-order valence-electron chi connectivity index (χ1n) is 9.42. The first-order valence-corrected chi connectivity index (χ1v) is 9.42. The van der Waals surface area contributed by atoms with E-state index in [0.717, 1.165) is 19.1 Å². The summed E-state index contributed by atoms with van der Waals surface area (Å²) in [6, 6.07) is 0.503. The SMILES string of the molecule is CCCCCCCCCCCCC(NN)C1CCOCC1. The van der Waals surface area contributed by atoms with Crippen molar-refractivity contribution in [2.24, 2.45) is 11.8 Å². The summed E-state index contributed by atoms with van der Waals surface area (Å²) in [7, 11) is 0. The lowest BCUT2D eigenvalue weighted by Crippen LogP contribution is -2.42. The second-order valence-corrected chi connectivity index (χ2v) is 6.69. The van der Waals surface area contributed by atoms with E-state index in [0.29, 0.717) is 6.04 Å². The van der Waals surface area contributed by atoms with Gasteiger partial charge in [0.25, 0.3) is 0 Å². The van der Waals surface area contributed by atoms with Crippen LogP contribution in [0.1, 0.15) is 90.4 Å². The van der Waals surface area contributed by atoms with Crippen molar-refractivity contribution in [3.63, 3.8) is 0 Å². The van der Waals surface area contributed by atoms with E-state index in [4.69, 9.17) is 10.6 Å². The van der Waals surface area contributed by atoms with Crippen LogP contribution in [0, 0.1) is 5.92 Å². The molecule has 0 aromatic heterocycles. The summed E-state index contributed by atoms with van der Waals surface area (Å²) in [4.78, 5) is 0. The minimum atomic E-state index is 0.503. The first-order chi connectivity index (χ1) is 10.4. The van der Waals surface area contributed by atoms with Crippen molar-refractivity contribution in [2.75, 3.05) is 13.2 Å². The number of hydrazine groups is 1. The zero-order chi connectivity index (χ0) is 15.2. The minimum absolute atomic E-state index is 0.503. The molecule has 126 valence electrons. The highest BCUT2D eigenvalue weighted by molar-refractivity contribution is 4.76. The Bertz CT molecular complexity index is 217. The number of ether oxygens (including phenoxy) is 1. The van der Waals surface area contributed by atoms with Gasteiger partial charge in [-0.2, -0.15) is 0 Å². The molecule has 3 nitrogen and oxygen atoms in total.